The van der Waals surface area contributed by atoms with Crippen molar-refractivity contribution in [1.82, 2.24) is 4.90 Å². The topological polar surface area (TPSA) is 92.9 Å². The summed E-state index contributed by atoms with van der Waals surface area (Å²) in [5, 5.41) is 8.83. The Morgan fingerprint density at radius 1 is 1.30 bits per heavy atom. The van der Waals surface area contributed by atoms with Crippen LogP contribution in [-0.2, 0) is 14.3 Å². The molecular formula is C14H22N2O4. The van der Waals surface area contributed by atoms with Gasteiger partial charge in [-0.1, -0.05) is 0 Å². The summed E-state index contributed by atoms with van der Waals surface area (Å²) in [6, 6.07) is -0.0120. The molecule has 3 aliphatic rings. The van der Waals surface area contributed by atoms with Gasteiger partial charge in [0.25, 0.3) is 0 Å². The minimum Gasteiger partial charge on any atom is -0.481 e. The van der Waals surface area contributed by atoms with Crippen LogP contribution in [0.2, 0.25) is 0 Å². The zero-order valence-electron chi connectivity index (χ0n) is 11.5. The molecule has 0 aromatic heterocycles. The smallest absolute Gasteiger partial charge is 0.306 e. The van der Waals surface area contributed by atoms with Crippen molar-refractivity contribution in [2.45, 2.75) is 37.8 Å². The van der Waals surface area contributed by atoms with Crippen LogP contribution in [0.1, 0.15) is 25.7 Å². The molecule has 2 saturated carbocycles. The van der Waals surface area contributed by atoms with E-state index < -0.39 is 5.97 Å². The predicted molar refractivity (Wildman–Crippen MR) is 70.9 cm³/mol. The third-order valence-corrected chi connectivity index (χ3v) is 5.12. The molecule has 1 saturated heterocycles. The zero-order valence-corrected chi connectivity index (χ0v) is 11.5. The molecule has 1 amide bonds. The second kappa shape index (κ2) is 5.33. The van der Waals surface area contributed by atoms with Crippen LogP contribution in [0.25, 0.3) is 0 Å². The third-order valence-electron chi connectivity index (χ3n) is 5.12. The van der Waals surface area contributed by atoms with Crippen LogP contribution < -0.4 is 5.73 Å². The highest BCUT2D eigenvalue weighted by atomic mass is 16.5. The summed E-state index contributed by atoms with van der Waals surface area (Å²) in [5.41, 5.74) is 6.21. The molecule has 3 fully saturated rings. The molecule has 1 aliphatic heterocycles. The number of fused-ring (bicyclic) bond motifs is 2. The fraction of sp³-hybridized carbons (Fsp3) is 0.857. The van der Waals surface area contributed by atoms with Gasteiger partial charge in [0, 0.05) is 19.1 Å². The molecule has 2 bridgehead atoms. The number of hydrogen-bond donors (Lipinski definition) is 2. The second-order valence-corrected chi connectivity index (χ2v) is 6.31. The molecule has 6 nitrogen and oxygen atoms in total. The summed E-state index contributed by atoms with van der Waals surface area (Å²) in [5.74, 6) is 0.106. The Morgan fingerprint density at radius 3 is 2.70 bits per heavy atom. The van der Waals surface area contributed by atoms with Gasteiger partial charge >= 0.3 is 5.97 Å². The van der Waals surface area contributed by atoms with Crippen molar-refractivity contribution in [3.63, 3.8) is 0 Å². The Bertz CT molecular complexity index is 412. The number of carboxylic acid groups (broad SMARTS) is 1. The van der Waals surface area contributed by atoms with E-state index in [2.05, 4.69) is 0 Å². The van der Waals surface area contributed by atoms with Gasteiger partial charge in [0.05, 0.1) is 25.0 Å². The number of nitrogens with zero attached hydrogens (tertiary/aromatic N) is 1. The molecule has 112 valence electrons. The first-order chi connectivity index (χ1) is 9.56. The lowest BCUT2D eigenvalue weighted by molar-refractivity contribution is -0.151. The van der Waals surface area contributed by atoms with Crippen molar-refractivity contribution in [3.8, 4) is 0 Å². The lowest BCUT2D eigenvalue weighted by atomic mass is 9.84. The van der Waals surface area contributed by atoms with E-state index in [1.807, 2.05) is 0 Å². The van der Waals surface area contributed by atoms with Crippen LogP contribution in [0.4, 0.5) is 0 Å². The lowest BCUT2D eigenvalue weighted by Gasteiger charge is -2.37. The number of carbonyl (C=O) groups is 2. The number of nitrogens with two attached hydrogens (primary N) is 1. The molecule has 3 rings (SSSR count). The fourth-order valence-corrected chi connectivity index (χ4v) is 4.15. The average molecular weight is 282 g/mol. The Balaban J connectivity index is 1.63. The minimum absolute atomic E-state index is 0.0120. The van der Waals surface area contributed by atoms with Crippen LogP contribution in [-0.4, -0.2) is 53.7 Å². The first kappa shape index (κ1) is 13.8. The maximum Gasteiger partial charge on any atom is 0.306 e. The summed E-state index contributed by atoms with van der Waals surface area (Å²) in [6.45, 7) is 1.35. The molecule has 5 atom stereocenters. The van der Waals surface area contributed by atoms with Gasteiger partial charge < -0.3 is 20.5 Å². The van der Waals surface area contributed by atoms with Crippen molar-refractivity contribution in [3.05, 3.63) is 0 Å². The SMILES string of the molecule is NC1C2CCC(C2)C1C(=O)N1CCOC(CC(=O)O)C1. The third kappa shape index (κ3) is 2.42. The van der Waals surface area contributed by atoms with E-state index in [0.717, 1.165) is 19.3 Å². The summed E-state index contributed by atoms with van der Waals surface area (Å²) in [7, 11) is 0. The van der Waals surface area contributed by atoms with Crippen LogP contribution in [0.15, 0.2) is 0 Å². The fourth-order valence-electron chi connectivity index (χ4n) is 4.15. The highest BCUT2D eigenvalue weighted by molar-refractivity contribution is 5.81. The molecule has 6 heteroatoms. The first-order valence-corrected chi connectivity index (χ1v) is 7.44. The average Bonchev–Trinajstić information content (AvgIpc) is 2.98. The number of ether oxygens (including phenoxy) is 1. The zero-order chi connectivity index (χ0) is 14.3. The van der Waals surface area contributed by atoms with Crippen molar-refractivity contribution in [2.75, 3.05) is 19.7 Å². The molecule has 0 aromatic rings. The number of amides is 1. The number of carbonyl (C=O) groups excluding carboxylic acids is 1. The number of hydrogen-bond acceptors (Lipinski definition) is 4. The van der Waals surface area contributed by atoms with E-state index in [0.29, 0.717) is 31.5 Å². The monoisotopic (exact) mass is 282 g/mol. The largest absolute Gasteiger partial charge is 0.481 e. The van der Waals surface area contributed by atoms with Crippen molar-refractivity contribution in [1.29, 1.82) is 0 Å². The van der Waals surface area contributed by atoms with Gasteiger partial charge in [-0.15, -0.1) is 0 Å². The highest BCUT2D eigenvalue weighted by Gasteiger charge is 2.50. The molecule has 0 radical (unpaired) electrons. The maximum atomic E-state index is 12.7. The summed E-state index contributed by atoms with van der Waals surface area (Å²) in [6.07, 6.45) is 2.91. The summed E-state index contributed by atoms with van der Waals surface area (Å²) < 4.78 is 5.41. The first-order valence-electron chi connectivity index (χ1n) is 7.44. The quantitative estimate of drug-likeness (QED) is 0.763. The molecule has 20 heavy (non-hydrogen) atoms. The lowest BCUT2D eigenvalue weighted by Crippen LogP contribution is -2.52. The van der Waals surface area contributed by atoms with E-state index in [1.165, 1.54) is 0 Å². The summed E-state index contributed by atoms with van der Waals surface area (Å²) in [4.78, 5) is 25.2. The molecule has 3 N–H and O–H groups in total. The number of aliphatic carboxylic acids is 1. The van der Waals surface area contributed by atoms with Crippen LogP contribution in [0, 0.1) is 17.8 Å². The van der Waals surface area contributed by atoms with E-state index in [9.17, 15) is 9.59 Å². The van der Waals surface area contributed by atoms with E-state index in [1.54, 1.807) is 4.90 Å². The Kier molecular flexibility index (Phi) is 3.69. The minimum atomic E-state index is -0.888. The second-order valence-electron chi connectivity index (χ2n) is 6.31. The van der Waals surface area contributed by atoms with Gasteiger partial charge in [0.1, 0.15) is 0 Å². The van der Waals surface area contributed by atoms with E-state index in [-0.39, 0.29) is 30.4 Å². The van der Waals surface area contributed by atoms with Gasteiger partial charge in [-0.05, 0) is 31.1 Å². The molecule has 2 aliphatic carbocycles. The maximum absolute atomic E-state index is 12.7. The number of carboxylic acids is 1. The van der Waals surface area contributed by atoms with Gasteiger partial charge in [-0.25, -0.2) is 0 Å². The standard InChI is InChI=1S/C14H22N2O4/c15-13-9-2-1-8(5-9)12(13)14(19)16-3-4-20-10(7-16)6-11(17)18/h8-10,12-13H,1-7,15H2,(H,17,18). The summed E-state index contributed by atoms with van der Waals surface area (Å²) >= 11 is 0. The van der Waals surface area contributed by atoms with Crippen molar-refractivity contribution < 1.29 is 19.4 Å². The predicted octanol–water partition coefficient (Wildman–Crippen LogP) is 0.0619. The Morgan fingerprint density at radius 2 is 2.05 bits per heavy atom. The normalized spacial score (nSPS) is 40.0. The van der Waals surface area contributed by atoms with Crippen molar-refractivity contribution in [2.24, 2.45) is 23.5 Å². The van der Waals surface area contributed by atoms with Gasteiger partial charge in [0.2, 0.25) is 5.91 Å². The Labute approximate surface area is 118 Å². The van der Waals surface area contributed by atoms with E-state index >= 15 is 0 Å². The molecule has 5 unspecified atom stereocenters. The van der Waals surface area contributed by atoms with Gasteiger partial charge in [-0.3, -0.25) is 9.59 Å². The molecule has 0 spiro atoms. The Hall–Kier alpha value is -1.14. The van der Waals surface area contributed by atoms with E-state index in [4.69, 9.17) is 15.6 Å². The molecular weight excluding hydrogens is 260 g/mol. The van der Waals surface area contributed by atoms with Crippen LogP contribution in [0.5, 0.6) is 0 Å². The van der Waals surface area contributed by atoms with Gasteiger partial charge in [0.15, 0.2) is 0 Å². The van der Waals surface area contributed by atoms with Crippen LogP contribution >= 0.6 is 0 Å². The highest BCUT2D eigenvalue weighted by Crippen LogP contribution is 2.48. The molecule has 1 heterocycles. The number of rotatable bonds is 3. The molecule has 0 aromatic carbocycles. The van der Waals surface area contributed by atoms with Gasteiger partial charge in [-0.2, -0.15) is 0 Å². The van der Waals surface area contributed by atoms with Crippen LogP contribution in [0.3, 0.4) is 0 Å². The number of morpholine rings is 1. The van der Waals surface area contributed by atoms with Crippen molar-refractivity contribution >= 4 is 11.9 Å².